The molecule has 26 heavy (non-hydrogen) atoms. The quantitative estimate of drug-likeness (QED) is 0.697. The van der Waals surface area contributed by atoms with Gasteiger partial charge in [-0.1, -0.05) is 37.3 Å². The van der Waals surface area contributed by atoms with E-state index in [2.05, 4.69) is 5.32 Å². The minimum Gasteiger partial charge on any atom is -0.352 e. The van der Waals surface area contributed by atoms with Gasteiger partial charge in [-0.3, -0.25) is 4.79 Å². The lowest BCUT2D eigenvalue weighted by Crippen LogP contribution is -2.24. The molecule has 1 heterocycles. The molecule has 5 heteroatoms. The van der Waals surface area contributed by atoms with Gasteiger partial charge in [-0.15, -0.1) is 0 Å². The Hall–Kier alpha value is -2.95. The summed E-state index contributed by atoms with van der Waals surface area (Å²) in [6.07, 6.45) is 0.823. The highest BCUT2D eigenvalue weighted by atomic mass is 19.1. The van der Waals surface area contributed by atoms with Crippen molar-refractivity contribution in [3.05, 3.63) is 77.5 Å². The third-order valence-electron chi connectivity index (χ3n) is 4.25. The molecule has 0 spiro atoms. The molecule has 0 aliphatic heterocycles. The second-order valence-corrected chi connectivity index (χ2v) is 6.08. The Morgan fingerprint density at radius 1 is 1.08 bits per heavy atom. The Bertz CT molecular complexity index is 933. The van der Waals surface area contributed by atoms with Gasteiger partial charge in [0.1, 0.15) is 11.6 Å². The summed E-state index contributed by atoms with van der Waals surface area (Å²) in [5.74, 6) is -1.53. The minimum atomic E-state index is -0.679. The number of nitrogens with zero attached hydrogens (tertiary/aromatic N) is 1. The molecule has 0 unspecified atom stereocenters. The van der Waals surface area contributed by atoms with E-state index in [1.54, 1.807) is 17.6 Å². The first kappa shape index (κ1) is 17.9. The lowest BCUT2D eigenvalue weighted by molar-refractivity contribution is 0.0953. The zero-order chi connectivity index (χ0) is 18.7. The zero-order valence-electron chi connectivity index (χ0n) is 14.7. The molecule has 134 valence electrons. The lowest BCUT2D eigenvalue weighted by Gasteiger charge is -2.13. The molecule has 2 aromatic carbocycles. The molecule has 0 atom stereocenters. The van der Waals surface area contributed by atoms with E-state index in [1.165, 1.54) is 12.1 Å². The van der Waals surface area contributed by atoms with Crippen LogP contribution in [0.5, 0.6) is 0 Å². The van der Waals surface area contributed by atoms with Crippen molar-refractivity contribution in [1.82, 2.24) is 9.88 Å². The molecule has 0 aliphatic carbocycles. The van der Waals surface area contributed by atoms with E-state index in [0.29, 0.717) is 23.5 Å². The van der Waals surface area contributed by atoms with Crippen LogP contribution in [-0.4, -0.2) is 17.0 Å². The van der Waals surface area contributed by atoms with Crippen molar-refractivity contribution in [2.24, 2.45) is 0 Å². The molecular formula is C21H20F2N2O. The number of amides is 1. The maximum absolute atomic E-state index is 14.5. The molecule has 0 radical (unpaired) electrons. The average Bonchev–Trinajstić information content (AvgIpc) is 2.98. The van der Waals surface area contributed by atoms with Crippen LogP contribution in [0.4, 0.5) is 8.78 Å². The van der Waals surface area contributed by atoms with Crippen LogP contribution in [0.25, 0.3) is 16.9 Å². The first-order chi connectivity index (χ1) is 12.5. The normalized spacial score (nSPS) is 10.8. The predicted octanol–water partition coefficient (Wildman–Crippen LogP) is 4.87. The van der Waals surface area contributed by atoms with Crippen LogP contribution in [0.2, 0.25) is 0 Å². The Labute approximate surface area is 151 Å². The van der Waals surface area contributed by atoms with E-state index in [0.717, 1.165) is 18.1 Å². The van der Waals surface area contributed by atoms with E-state index < -0.39 is 11.6 Å². The second kappa shape index (κ2) is 7.52. The van der Waals surface area contributed by atoms with Crippen molar-refractivity contribution < 1.29 is 13.6 Å². The summed E-state index contributed by atoms with van der Waals surface area (Å²) in [7, 11) is 0. The Morgan fingerprint density at radius 2 is 1.81 bits per heavy atom. The van der Waals surface area contributed by atoms with E-state index in [-0.39, 0.29) is 11.6 Å². The molecule has 0 saturated carbocycles. The van der Waals surface area contributed by atoms with Gasteiger partial charge < -0.3 is 9.88 Å². The van der Waals surface area contributed by atoms with Gasteiger partial charge in [0, 0.05) is 18.3 Å². The summed E-state index contributed by atoms with van der Waals surface area (Å²) in [5, 5.41) is 2.85. The van der Waals surface area contributed by atoms with E-state index in [4.69, 9.17) is 0 Å². The standard InChI is InChI=1S/C21H20F2N2O/c1-3-11-24-21(26)17-13-20(15-7-5-4-6-8-15)25(14(17)2)19-10-9-16(22)12-18(19)23/h4-10,12-13H,3,11H2,1-2H3,(H,24,26). The molecule has 1 N–H and O–H groups in total. The van der Waals surface area contributed by atoms with Crippen LogP contribution < -0.4 is 5.32 Å². The fourth-order valence-corrected chi connectivity index (χ4v) is 2.96. The average molecular weight is 354 g/mol. The summed E-state index contributed by atoms with van der Waals surface area (Å²) < 4.78 is 29.5. The number of hydrogen-bond acceptors (Lipinski definition) is 1. The van der Waals surface area contributed by atoms with Gasteiger partial charge in [0.05, 0.1) is 16.9 Å². The second-order valence-electron chi connectivity index (χ2n) is 6.08. The van der Waals surface area contributed by atoms with Crippen LogP contribution in [0.3, 0.4) is 0 Å². The Balaban J connectivity index is 2.20. The predicted molar refractivity (Wildman–Crippen MR) is 98.5 cm³/mol. The fraction of sp³-hybridized carbons (Fsp3) is 0.190. The number of carbonyl (C=O) groups excluding carboxylic acids is 1. The summed E-state index contributed by atoms with van der Waals surface area (Å²) in [5.41, 5.74) is 2.80. The number of aromatic nitrogens is 1. The Morgan fingerprint density at radius 3 is 2.46 bits per heavy atom. The molecule has 0 bridgehead atoms. The summed E-state index contributed by atoms with van der Waals surface area (Å²) in [4.78, 5) is 12.5. The highest BCUT2D eigenvalue weighted by Crippen LogP contribution is 2.30. The van der Waals surface area contributed by atoms with Gasteiger partial charge in [-0.2, -0.15) is 0 Å². The van der Waals surface area contributed by atoms with Crippen LogP contribution >= 0.6 is 0 Å². The van der Waals surface area contributed by atoms with Crippen molar-refractivity contribution in [3.8, 4) is 16.9 Å². The van der Waals surface area contributed by atoms with E-state index in [9.17, 15) is 13.6 Å². The fourth-order valence-electron chi connectivity index (χ4n) is 2.96. The molecule has 0 aliphatic rings. The van der Waals surface area contributed by atoms with Crippen molar-refractivity contribution in [3.63, 3.8) is 0 Å². The highest BCUT2D eigenvalue weighted by Gasteiger charge is 2.21. The number of nitrogens with one attached hydrogen (secondary N) is 1. The van der Waals surface area contributed by atoms with Gasteiger partial charge in [0.25, 0.3) is 5.91 Å². The topological polar surface area (TPSA) is 34.0 Å². The van der Waals surface area contributed by atoms with Crippen molar-refractivity contribution in [2.75, 3.05) is 6.54 Å². The lowest BCUT2D eigenvalue weighted by atomic mass is 10.1. The smallest absolute Gasteiger partial charge is 0.253 e. The first-order valence-electron chi connectivity index (χ1n) is 8.54. The first-order valence-corrected chi connectivity index (χ1v) is 8.54. The molecule has 1 amide bonds. The molecule has 0 saturated heterocycles. The number of rotatable bonds is 5. The third-order valence-corrected chi connectivity index (χ3v) is 4.25. The zero-order valence-corrected chi connectivity index (χ0v) is 14.7. The van der Waals surface area contributed by atoms with E-state index in [1.807, 2.05) is 37.3 Å². The van der Waals surface area contributed by atoms with Gasteiger partial charge in [0.15, 0.2) is 0 Å². The molecular weight excluding hydrogens is 334 g/mol. The van der Waals surface area contributed by atoms with Gasteiger partial charge in [0.2, 0.25) is 0 Å². The molecule has 3 nitrogen and oxygen atoms in total. The highest BCUT2D eigenvalue weighted by molar-refractivity contribution is 5.97. The van der Waals surface area contributed by atoms with Crippen LogP contribution in [0, 0.1) is 18.6 Å². The molecule has 0 fully saturated rings. The van der Waals surface area contributed by atoms with Crippen molar-refractivity contribution in [2.45, 2.75) is 20.3 Å². The number of halogens is 2. The Kier molecular flexibility index (Phi) is 5.16. The maximum Gasteiger partial charge on any atom is 0.253 e. The van der Waals surface area contributed by atoms with Crippen LogP contribution in [0.1, 0.15) is 29.4 Å². The minimum absolute atomic E-state index is 0.206. The largest absolute Gasteiger partial charge is 0.352 e. The van der Waals surface area contributed by atoms with Gasteiger partial charge in [-0.25, -0.2) is 8.78 Å². The number of benzene rings is 2. The number of carbonyl (C=O) groups is 1. The maximum atomic E-state index is 14.5. The summed E-state index contributed by atoms with van der Waals surface area (Å²) >= 11 is 0. The van der Waals surface area contributed by atoms with Crippen LogP contribution in [0.15, 0.2) is 54.6 Å². The molecule has 3 rings (SSSR count). The summed E-state index contributed by atoms with van der Waals surface area (Å²) in [6, 6.07) is 14.6. The SMILES string of the molecule is CCCNC(=O)c1cc(-c2ccccc2)n(-c2ccc(F)cc2F)c1C. The molecule has 3 aromatic rings. The summed E-state index contributed by atoms with van der Waals surface area (Å²) in [6.45, 7) is 4.30. The molecule has 1 aromatic heterocycles. The van der Waals surface area contributed by atoms with Gasteiger partial charge in [-0.05, 0) is 37.1 Å². The van der Waals surface area contributed by atoms with Crippen molar-refractivity contribution >= 4 is 5.91 Å². The van der Waals surface area contributed by atoms with Crippen LogP contribution in [-0.2, 0) is 0 Å². The number of hydrogen-bond donors (Lipinski definition) is 1. The van der Waals surface area contributed by atoms with Gasteiger partial charge >= 0.3 is 0 Å². The van der Waals surface area contributed by atoms with E-state index >= 15 is 0 Å². The third kappa shape index (κ3) is 3.38. The van der Waals surface area contributed by atoms with Crippen molar-refractivity contribution in [1.29, 1.82) is 0 Å². The monoisotopic (exact) mass is 354 g/mol.